The number of rotatable bonds is 2. The molecular formula is C21H22ClN5O. The maximum Gasteiger partial charge on any atom is 0.226 e. The van der Waals surface area contributed by atoms with E-state index < -0.39 is 0 Å². The Labute approximate surface area is 168 Å². The van der Waals surface area contributed by atoms with Gasteiger partial charge in [0.2, 0.25) is 11.9 Å². The molecule has 2 aromatic heterocycles. The van der Waals surface area contributed by atoms with Crippen LogP contribution in [0, 0.1) is 5.92 Å². The quantitative estimate of drug-likeness (QED) is 0.724. The maximum atomic E-state index is 13.2. The molecule has 1 N–H and O–H groups in total. The average molecular weight is 396 g/mol. The normalized spacial score (nSPS) is 19.7. The smallest absolute Gasteiger partial charge is 0.226 e. The summed E-state index contributed by atoms with van der Waals surface area (Å²) in [4.78, 5) is 29.5. The molecule has 1 fully saturated rings. The van der Waals surface area contributed by atoms with E-state index in [0.717, 1.165) is 67.3 Å². The second-order valence-corrected chi connectivity index (χ2v) is 8.01. The first-order chi connectivity index (χ1) is 13.7. The molecule has 2 aliphatic rings. The van der Waals surface area contributed by atoms with Crippen molar-refractivity contribution in [2.75, 3.05) is 31.1 Å². The van der Waals surface area contributed by atoms with E-state index >= 15 is 0 Å². The molecule has 0 spiro atoms. The first kappa shape index (κ1) is 17.5. The number of aromatic nitrogens is 3. The Morgan fingerprint density at radius 2 is 1.93 bits per heavy atom. The molecule has 1 aromatic carbocycles. The van der Waals surface area contributed by atoms with Crippen LogP contribution in [0.25, 0.3) is 10.9 Å². The monoisotopic (exact) mass is 395 g/mol. The third-order valence-electron chi connectivity index (χ3n) is 5.93. The maximum absolute atomic E-state index is 13.2. The van der Waals surface area contributed by atoms with Gasteiger partial charge in [-0.2, -0.15) is 0 Å². The van der Waals surface area contributed by atoms with Gasteiger partial charge in [0.15, 0.2) is 0 Å². The Hall–Kier alpha value is -2.60. The lowest BCUT2D eigenvalue weighted by Crippen LogP contribution is -2.51. The van der Waals surface area contributed by atoms with Crippen molar-refractivity contribution in [2.45, 2.75) is 19.3 Å². The Balaban J connectivity index is 1.28. The van der Waals surface area contributed by atoms with E-state index in [1.807, 2.05) is 29.2 Å². The lowest BCUT2D eigenvalue weighted by atomic mass is 9.85. The topological polar surface area (TPSA) is 65.1 Å². The number of piperazine rings is 1. The molecule has 1 saturated heterocycles. The molecule has 1 aliphatic carbocycles. The van der Waals surface area contributed by atoms with Gasteiger partial charge in [-0.15, -0.1) is 0 Å². The highest BCUT2D eigenvalue weighted by Gasteiger charge is 2.32. The minimum atomic E-state index is 0.0463. The number of carbonyl (C=O) groups excluding carboxylic acids is 1. The van der Waals surface area contributed by atoms with E-state index in [2.05, 4.69) is 19.9 Å². The van der Waals surface area contributed by atoms with Crippen LogP contribution in [0.4, 0.5) is 5.95 Å². The second-order valence-electron chi connectivity index (χ2n) is 7.57. The van der Waals surface area contributed by atoms with E-state index in [0.29, 0.717) is 0 Å². The SMILES string of the molecule is O=C(C1CCc2[nH]c3ccc(Cl)cc3c2C1)N1CCN(c2ncccn2)CC1. The summed E-state index contributed by atoms with van der Waals surface area (Å²) in [5, 5.41) is 1.90. The van der Waals surface area contributed by atoms with Crippen LogP contribution in [0.5, 0.6) is 0 Å². The van der Waals surface area contributed by atoms with Crippen LogP contribution in [0.15, 0.2) is 36.7 Å². The van der Waals surface area contributed by atoms with Crippen LogP contribution in [-0.4, -0.2) is 51.9 Å². The summed E-state index contributed by atoms with van der Waals surface area (Å²) >= 11 is 6.20. The highest BCUT2D eigenvalue weighted by atomic mass is 35.5. The van der Waals surface area contributed by atoms with Gasteiger partial charge < -0.3 is 14.8 Å². The molecule has 5 rings (SSSR count). The number of halogens is 1. The van der Waals surface area contributed by atoms with E-state index in [1.54, 1.807) is 12.4 Å². The van der Waals surface area contributed by atoms with Gasteiger partial charge in [-0.1, -0.05) is 11.6 Å². The van der Waals surface area contributed by atoms with E-state index in [-0.39, 0.29) is 11.8 Å². The number of H-pyrrole nitrogens is 1. The van der Waals surface area contributed by atoms with Gasteiger partial charge in [-0.25, -0.2) is 9.97 Å². The molecule has 144 valence electrons. The van der Waals surface area contributed by atoms with Crippen LogP contribution < -0.4 is 4.90 Å². The summed E-state index contributed by atoms with van der Waals surface area (Å²) in [6.45, 7) is 2.99. The predicted octanol–water partition coefficient (Wildman–Crippen LogP) is 3.07. The van der Waals surface area contributed by atoms with Crippen molar-refractivity contribution in [3.05, 3.63) is 52.9 Å². The highest BCUT2D eigenvalue weighted by Crippen LogP contribution is 2.34. The summed E-state index contributed by atoms with van der Waals surface area (Å²) in [7, 11) is 0. The molecule has 7 heteroatoms. The van der Waals surface area contributed by atoms with Gasteiger partial charge in [-0.05, 0) is 49.1 Å². The van der Waals surface area contributed by atoms with Crippen LogP contribution >= 0.6 is 11.6 Å². The molecule has 1 unspecified atom stereocenters. The first-order valence-corrected chi connectivity index (χ1v) is 10.2. The fourth-order valence-corrected chi connectivity index (χ4v) is 4.61. The van der Waals surface area contributed by atoms with Gasteiger partial charge in [0.1, 0.15) is 0 Å². The minimum absolute atomic E-state index is 0.0463. The van der Waals surface area contributed by atoms with E-state index in [4.69, 9.17) is 11.6 Å². The number of nitrogens with one attached hydrogen (secondary N) is 1. The summed E-state index contributed by atoms with van der Waals surface area (Å²) in [6, 6.07) is 7.76. The molecule has 1 amide bonds. The Bertz CT molecular complexity index is 1010. The standard InChI is InChI=1S/C21H22ClN5O/c22-15-3-5-19-17(13-15)16-12-14(2-4-18(16)25-19)20(28)26-8-10-27(11-9-26)21-23-6-1-7-24-21/h1,3,5-7,13-14,25H,2,4,8-12H2. The fraction of sp³-hybridized carbons (Fsp3) is 0.381. The number of anilines is 1. The number of amides is 1. The van der Waals surface area contributed by atoms with Crippen LogP contribution in [-0.2, 0) is 17.6 Å². The molecule has 6 nitrogen and oxygen atoms in total. The zero-order chi connectivity index (χ0) is 19.1. The molecule has 0 bridgehead atoms. The second kappa shape index (κ2) is 7.09. The van der Waals surface area contributed by atoms with Gasteiger partial charge >= 0.3 is 0 Å². The minimum Gasteiger partial charge on any atom is -0.358 e. The third kappa shape index (κ3) is 3.11. The number of hydrogen-bond acceptors (Lipinski definition) is 4. The number of carbonyl (C=O) groups is 1. The summed E-state index contributed by atoms with van der Waals surface area (Å²) in [6.07, 6.45) is 6.11. The predicted molar refractivity (Wildman–Crippen MR) is 110 cm³/mol. The molecule has 0 radical (unpaired) electrons. The van der Waals surface area contributed by atoms with Crippen molar-refractivity contribution in [2.24, 2.45) is 5.92 Å². The van der Waals surface area contributed by atoms with Gasteiger partial charge in [0, 0.05) is 66.1 Å². The van der Waals surface area contributed by atoms with E-state index in [1.165, 1.54) is 11.3 Å². The Kier molecular flexibility index (Phi) is 4.43. The summed E-state index contributed by atoms with van der Waals surface area (Å²) in [5.41, 5.74) is 3.63. The van der Waals surface area contributed by atoms with Crippen molar-refractivity contribution >= 4 is 34.4 Å². The van der Waals surface area contributed by atoms with Crippen molar-refractivity contribution in [3.63, 3.8) is 0 Å². The number of benzene rings is 1. The highest BCUT2D eigenvalue weighted by molar-refractivity contribution is 6.31. The molecule has 1 atom stereocenters. The summed E-state index contributed by atoms with van der Waals surface area (Å²) < 4.78 is 0. The zero-order valence-corrected chi connectivity index (χ0v) is 16.3. The number of hydrogen-bond donors (Lipinski definition) is 1. The van der Waals surface area contributed by atoms with Crippen LogP contribution in [0.2, 0.25) is 5.02 Å². The Morgan fingerprint density at radius 3 is 2.71 bits per heavy atom. The van der Waals surface area contributed by atoms with E-state index in [9.17, 15) is 4.79 Å². The van der Waals surface area contributed by atoms with Gasteiger partial charge in [0.25, 0.3) is 0 Å². The van der Waals surface area contributed by atoms with Gasteiger partial charge in [0.05, 0.1) is 0 Å². The third-order valence-corrected chi connectivity index (χ3v) is 6.16. The zero-order valence-electron chi connectivity index (χ0n) is 15.6. The average Bonchev–Trinajstić information content (AvgIpc) is 3.11. The van der Waals surface area contributed by atoms with Crippen LogP contribution in [0.1, 0.15) is 17.7 Å². The summed E-state index contributed by atoms with van der Waals surface area (Å²) in [5.74, 6) is 1.06. The van der Waals surface area contributed by atoms with Gasteiger partial charge in [-0.3, -0.25) is 4.79 Å². The lowest BCUT2D eigenvalue weighted by Gasteiger charge is -2.37. The lowest BCUT2D eigenvalue weighted by molar-refractivity contribution is -0.136. The van der Waals surface area contributed by atoms with Crippen molar-refractivity contribution < 1.29 is 4.79 Å². The van der Waals surface area contributed by atoms with Crippen molar-refractivity contribution in [1.29, 1.82) is 0 Å². The largest absolute Gasteiger partial charge is 0.358 e. The Morgan fingerprint density at radius 1 is 1.14 bits per heavy atom. The molecule has 3 aromatic rings. The molecule has 28 heavy (non-hydrogen) atoms. The molecule has 1 aliphatic heterocycles. The molecule has 3 heterocycles. The first-order valence-electron chi connectivity index (χ1n) is 9.79. The van der Waals surface area contributed by atoms with Crippen LogP contribution in [0.3, 0.4) is 0 Å². The van der Waals surface area contributed by atoms with Crippen molar-refractivity contribution in [3.8, 4) is 0 Å². The number of aromatic amines is 1. The number of nitrogens with zero attached hydrogens (tertiary/aromatic N) is 4. The number of fused-ring (bicyclic) bond motifs is 3. The number of aryl methyl sites for hydroxylation is 1. The molecular weight excluding hydrogens is 374 g/mol. The molecule has 0 saturated carbocycles. The fourth-order valence-electron chi connectivity index (χ4n) is 4.44. The van der Waals surface area contributed by atoms with Crippen molar-refractivity contribution in [1.82, 2.24) is 19.9 Å².